The average Bonchev–Trinajstić information content (AvgIpc) is 3.10. The second-order valence-corrected chi connectivity index (χ2v) is 6.17. The first-order valence-electron chi connectivity index (χ1n) is 8.12. The summed E-state index contributed by atoms with van der Waals surface area (Å²) in [6.45, 7) is 5.16. The first-order chi connectivity index (χ1) is 11.7. The highest BCUT2D eigenvalue weighted by atomic mass is 35.5. The molecule has 1 amide bonds. The van der Waals surface area contributed by atoms with E-state index in [0.29, 0.717) is 17.3 Å². The third kappa shape index (κ3) is 4.56. The number of aromatic nitrogens is 2. The van der Waals surface area contributed by atoms with Gasteiger partial charge < -0.3 is 10.1 Å². The molecular weight excluding hydrogens is 328 g/mol. The fraction of sp³-hybridized carbons (Fsp3) is 0.412. The molecule has 0 spiro atoms. The monoisotopic (exact) mass is 348 g/mol. The van der Waals surface area contributed by atoms with Crippen molar-refractivity contribution in [3.63, 3.8) is 0 Å². The minimum atomic E-state index is -0.135. The molecule has 0 aliphatic carbocycles. The molecule has 0 bridgehead atoms. The molecule has 128 valence electrons. The molecule has 24 heavy (non-hydrogen) atoms. The van der Waals surface area contributed by atoms with Crippen LogP contribution in [0.4, 0.5) is 0 Å². The molecule has 2 aromatic rings. The number of carbonyl (C=O) groups is 1. The van der Waals surface area contributed by atoms with Crippen LogP contribution in [0.15, 0.2) is 30.3 Å². The number of rotatable bonds is 6. The van der Waals surface area contributed by atoms with Gasteiger partial charge in [-0.15, -0.1) is 0 Å². The van der Waals surface area contributed by atoms with Crippen LogP contribution in [0.5, 0.6) is 0 Å². The Morgan fingerprint density at radius 2 is 2.04 bits per heavy atom. The number of halogens is 1. The summed E-state index contributed by atoms with van der Waals surface area (Å²) in [6.07, 6.45) is 0.921. The van der Waals surface area contributed by atoms with Gasteiger partial charge >= 0.3 is 0 Å². The fourth-order valence-electron chi connectivity index (χ4n) is 2.63. The van der Waals surface area contributed by atoms with Gasteiger partial charge in [0.15, 0.2) is 0 Å². The molecule has 0 atom stereocenters. The summed E-state index contributed by atoms with van der Waals surface area (Å²) in [4.78, 5) is 14.5. The van der Waals surface area contributed by atoms with E-state index < -0.39 is 0 Å². The van der Waals surface area contributed by atoms with Crippen molar-refractivity contribution in [1.29, 1.82) is 0 Å². The van der Waals surface area contributed by atoms with Gasteiger partial charge in [0.05, 0.1) is 18.9 Å². The van der Waals surface area contributed by atoms with Crippen LogP contribution in [-0.4, -0.2) is 60.4 Å². The van der Waals surface area contributed by atoms with E-state index in [1.807, 2.05) is 12.1 Å². The second kappa shape index (κ2) is 8.28. The SMILES string of the molecule is O=C(NCCCN1CCOCC1)c1cc(-c2ccc(Cl)cc2)n[nH]1. The van der Waals surface area contributed by atoms with Crippen LogP contribution in [0.2, 0.25) is 5.02 Å². The molecule has 0 unspecified atom stereocenters. The Morgan fingerprint density at radius 1 is 1.29 bits per heavy atom. The van der Waals surface area contributed by atoms with Crippen molar-refractivity contribution >= 4 is 17.5 Å². The van der Waals surface area contributed by atoms with Gasteiger partial charge in [0.2, 0.25) is 0 Å². The summed E-state index contributed by atoms with van der Waals surface area (Å²) < 4.78 is 5.32. The topological polar surface area (TPSA) is 70.2 Å². The summed E-state index contributed by atoms with van der Waals surface area (Å²) in [5.41, 5.74) is 2.11. The molecule has 1 aliphatic heterocycles. The molecular formula is C17H21ClN4O2. The fourth-order valence-corrected chi connectivity index (χ4v) is 2.76. The maximum atomic E-state index is 12.2. The molecule has 1 aliphatic rings. The van der Waals surface area contributed by atoms with Gasteiger partial charge in [-0.1, -0.05) is 23.7 Å². The van der Waals surface area contributed by atoms with E-state index in [4.69, 9.17) is 16.3 Å². The van der Waals surface area contributed by atoms with E-state index in [9.17, 15) is 4.79 Å². The molecule has 1 saturated heterocycles. The second-order valence-electron chi connectivity index (χ2n) is 5.74. The Hall–Kier alpha value is -1.89. The number of morpholine rings is 1. The molecule has 2 heterocycles. The van der Waals surface area contributed by atoms with E-state index in [2.05, 4.69) is 20.4 Å². The van der Waals surface area contributed by atoms with Gasteiger partial charge in [-0.05, 0) is 31.2 Å². The average molecular weight is 349 g/mol. The van der Waals surface area contributed by atoms with E-state index in [1.54, 1.807) is 18.2 Å². The molecule has 1 aromatic heterocycles. The summed E-state index contributed by atoms with van der Waals surface area (Å²) in [5.74, 6) is -0.135. The molecule has 6 nitrogen and oxygen atoms in total. The third-order valence-corrected chi connectivity index (χ3v) is 4.25. The van der Waals surface area contributed by atoms with Gasteiger partial charge in [-0.25, -0.2) is 0 Å². The number of ether oxygens (including phenoxy) is 1. The van der Waals surface area contributed by atoms with Crippen LogP contribution in [0.3, 0.4) is 0 Å². The minimum Gasteiger partial charge on any atom is -0.379 e. The first-order valence-corrected chi connectivity index (χ1v) is 8.50. The van der Waals surface area contributed by atoms with Crippen LogP contribution in [0.25, 0.3) is 11.3 Å². The van der Waals surface area contributed by atoms with Crippen LogP contribution < -0.4 is 5.32 Å². The van der Waals surface area contributed by atoms with Gasteiger partial charge in [0.25, 0.3) is 5.91 Å². The van der Waals surface area contributed by atoms with E-state index in [0.717, 1.165) is 50.5 Å². The zero-order chi connectivity index (χ0) is 16.8. The van der Waals surface area contributed by atoms with Crippen LogP contribution in [0, 0.1) is 0 Å². The first kappa shape index (κ1) is 17.0. The maximum absolute atomic E-state index is 12.2. The van der Waals surface area contributed by atoms with Crippen molar-refractivity contribution in [2.45, 2.75) is 6.42 Å². The molecule has 7 heteroatoms. The van der Waals surface area contributed by atoms with Crippen molar-refractivity contribution < 1.29 is 9.53 Å². The highest BCUT2D eigenvalue weighted by molar-refractivity contribution is 6.30. The van der Waals surface area contributed by atoms with Crippen molar-refractivity contribution in [2.75, 3.05) is 39.4 Å². The summed E-state index contributed by atoms with van der Waals surface area (Å²) in [7, 11) is 0. The van der Waals surface area contributed by atoms with Crippen molar-refractivity contribution in [3.05, 3.63) is 41.0 Å². The van der Waals surface area contributed by atoms with Gasteiger partial charge in [-0.2, -0.15) is 5.10 Å². The Morgan fingerprint density at radius 3 is 2.79 bits per heavy atom. The number of benzene rings is 1. The molecule has 0 radical (unpaired) electrons. The standard InChI is InChI=1S/C17H21ClN4O2/c18-14-4-2-13(3-5-14)15-12-16(21-20-15)17(23)19-6-1-7-22-8-10-24-11-9-22/h2-5,12H,1,6-11H2,(H,19,23)(H,20,21). The van der Waals surface area contributed by atoms with Gasteiger partial charge in [0.1, 0.15) is 5.69 Å². The number of aromatic amines is 1. The lowest BCUT2D eigenvalue weighted by atomic mass is 10.1. The van der Waals surface area contributed by atoms with Crippen molar-refractivity contribution in [1.82, 2.24) is 20.4 Å². The van der Waals surface area contributed by atoms with Crippen molar-refractivity contribution in [3.8, 4) is 11.3 Å². The highest BCUT2D eigenvalue weighted by Crippen LogP contribution is 2.20. The van der Waals surface area contributed by atoms with Crippen LogP contribution in [0.1, 0.15) is 16.9 Å². The summed E-state index contributed by atoms with van der Waals surface area (Å²) >= 11 is 5.88. The molecule has 1 aromatic carbocycles. The number of hydrogen-bond acceptors (Lipinski definition) is 4. The lowest BCUT2D eigenvalue weighted by Crippen LogP contribution is -2.38. The van der Waals surface area contributed by atoms with E-state index in [1.165, 1.54) is 0 Å². The van der Waals surface area contributed by atoms with E-state index >= 15 is 0 Å². The van der Waals surface area contributed by atoms with Crippen molar-refractivity contribution in [2.24, 2.45) is 0 Å². The third-order valence-electron chi connectivity index (χ3n) is 4.00. The predicted octanol–water partition coefficient (Wildman–Crippen LogP) is 2.18. The number of hydrogen-bond donors (Lipinski definition) is 2. The van der Waals surface area contributed by atoms with E-state index in [-0.39, 0.29) is 5.91 Å². The quantitative estimate of drug-likeness (QED) is 0.785. The Kier molecular flexibility index (Phi) is 5.85. The number of amides is 1. The van der Waals surface area contributed by atoms with Crippen LogP contribution >= 0.6 is 11.6 Å². The number of H-pyrrole nitrogens is 1. The summed E-state index contributed by atoms with van der Waals surface area (Å²) in [5, 5.41) is 10.6. The number of nitrogens with zero attached hydrogens (tertiary/aromatic N) is 2. The number of carbonyl (C=O) groups excluding carboxylic acids is 1. The molecule has 2 N–H and O–H groups in total. The molecule has 0 saturated carbocycles. The van der Waals surface area contributed by atoms with Gasteiger partial charge in [0, 0.05) is 30.2 Å². The lowest BCUT2D eigenvalue weighted by molar-refractivity contribution is 0.0374. The minimum absolute atomic E-state index is 0.135. The zero-order valence-corrected chi connectivity index (χ0v) is 14.2. The zero-order valence-electron chi connectivity index (χ0n) is 13.4. The van der Waals surface area contributed by atoms with Gasteiger partial charge in [-0.3, -0.25) is 14.8 Å². The van der Waals surface area contributed by atoms with Crippen LogP contribution in [-0.2, 0) is 4.74 Å². The Labute approximate surface area is 146 Å². The smallest absolute Gasteiger partial charge is 0.269 e. The Balaban J connectivity index is 1.46. The molecule has 1 fully saturated rings. The maximum Gasteiger partial charge on any atom is 0.269 e. The number of nitrogens with one attached hydrogen (secondary N) is 2. The molecule has 3 rings (SSSR count). The highest BCUT2D eigenvalue weighted by Gasteiger charge is 2.12. The Bertz CT molecular complexity index is 665. The normalized spacial score (nSPS) is 15.4. The summed E-state index contributed by atoms with van der Waals surface area (Å²) in [6, 6.07) is 9.11. The lowest BCUT2D eigenvalue weighted by Gasteiger charge is -2.26. The predicted molar refractivity (Wildman–Crippen MR) is 93.2 cm³/mol. The largest absolute Gasteiger partial charge is 0.379 e.